The van der Waals surface area contributed by atoms with Crippen molar-refractivity contribution in [3.05, 3.63) is 128 Å². The molecule has 9 nitrogen and oxygen atoms in total. The van der Waals surface area contributed by atoms with Crippen LogP contribution in [0.25, 0.3) is 0 Å². The number of hydrogen-bond donors (Lipinski definition) is 3. The largest absolute Gasteiger partial charge is 0.497 e. The number of nitrogens with zero attached hydrogens (tertiary/aromatic N) is 1. The standard InChI is InChI=1S/C31H32N2O7/c1-20-18-33(29(37)32-28(20)36)30(17-26(35)27(19-34)40-30)31(21-7-5-4-6-8-21,22-9-13-24(38-2)14-10-22)23-11-15-25(39-3)16-12-23/h4-16,18,26-27,34-35H,17,19H2,1-3H3,(H,32,36,37)/t26-,27+,30-/m0/s1. The molecule has 0 radical (unpaired) electrons. The summed E-state index contributed by atoms with van der Waals surface area (Å²) in [5.74, 6) is 1.26. The molecule has 1 fully saturated rings. The summed E-state index contributed by atoms with van der Waals surface area (Å²) in [5.41, 5.74) is -1.65. The van der Waals surface area contributed by atoms with E-state index in [-0.39, 0.29) is 12.0 Å². The molecule has 0 bridgehead atoms. The van der Waals surface area contributed by atoms with E-state index in [0.29, 0.717) is 11.5 Å². The molecule has 5 rings (SSSR count). The number of benzene rings is 3. The van der Waals surface area contributed by atoms with Crippen LogP contribution in [-0.2, 0) is 15.9 Å². The summed E-state index contributed by atoms with van der Waals surface area (Å²) in [7, 11) is 3.16. The maximum Gasteiger partial charge on any atom is 0.330 e. The molecular formula is C31H32N2O7. The lowest BCUT2D eigenvalue weighted by molar-refractivity contribution is -0.147. The molecule has 4 aromatic rings. The molecule has 0 amide bonds. The fourth-order valence-corrected chi connectivity index (χ4v) is 5.91. The zero-order valence-corrected chi connectivity index (χ0v) is 22.5. The minimum absolute atomic E-state index is 0.0728. The second kappa shape index (κ2) is 10.8. The number of rotatable bonds is 8. The molecule has 1 saturated heterocycles. The first-order valence-electron chi connectivity index (χ1n) is 12.9. The van der Waals surface area contributed by atoms with Gasteiger partial charge in [0.05, 0.1) is 32.3 Å². The van der Waals surface area contributed by atoms with Gasteiger partial charge in [-0.25, -0.2) is 4.79 Å². The predicted molar refractivity (Wildman–Crippen MR) is 149 cm³/mol. The topological polar surface area (TPSA) is 123 Å². The maximum atomic E-state index is 13.7. The number of aromatic amines is 1. The molecular weight excluding hydrogens is 512 g/mol. The third-order valence-corrected chi connectivity index (χ3v) is 7.79. The normalized spacial score (nSPS) is 20.8. The molecule has 1 aliphatic rings. The van der Waals surface area contributed by atoms with Crippen molar-refractivity contribution in [2.45, 2.75) is 36.7 Å². The van der Waals surface area contributed by atoms with Crippen LogP contribution in [-0.4, -0.2) is 52.8 Å². The van der Waals surface area contributed by atoms with E-state index in [1.54, 1.807) is 21.1 Å². The van der Waals surface area contributed by atoms with Gasteiger partial charge < -0.3 is 24.4 Å². The van der Waals surface area contributed by atoms with Gasteiger partial charge in [0.2, 0.25) is 0 Å². The van der Waals surface area contributed by atoms with Gasteiger partial charge in [-0.05, 0) is 47.9 Å². The summed E-state index contributed by atoms with van der Waals surface area (Å²) in [5, 5.41) is 21.5. The third-order valence-electron chi connectivity index (χ3n) is 7.79. The van der Waals surface area contributed by atoms with Crippen molar-refractivity contribution in [2.75, 3.05) is 20.8 Å². The molecule has 40 heavy (non-hydrogen) atoms. The van der Waals surface area contributed by atoms with E-state index < -0.39 is 41.2 Å². The van der Waals surface area contributed by atoms with Crippen LogP contribution in [0.2, 0.25) is 0 Å². The van der Waals surface area contributed by atoms with Crippen LogP contribution in [0.15, 0.2) is 94.6 Å². The first kappa shape index (κ1) is 27.4. The zero-order chi connectivity index (χ0) is 28.5. The average Bonchev–Trinajstić information content (AvgIpc) is 3.33. The lowest BCUT2D eigenvalue weighted by Gasteiger charge is -2.50. The van der Waals surface area contributed by atoms with Crippen molar-refractivity contribution in [1.82, 2.24) is 9.55 Å². The van der Waals surface area contributed by atoms with E-state index in [4.69, 9.17) is 14.2 Å². The molecule has 0 unspecified atom stereocenters. The second-order valence-corrected chi connectivity index (χ2v) is 9.91. The maximum absolute atomic E-state index is 13.7. The summed E-state index contributed by atoms with van der Waals surface area (Å²) in [6.45, 7) is 1.12. The number of aryl methyl sites for hydroxylation is 1. The van der Waals surface area contributed by atoms with Crippen molar-refractivity contribution in [2.24, 2.45) is 0 Å². The second-order valence-electron chi connectivity index (χ2n) is 9.91. The van der Waals surface area contributed by atoms with Gasteiger partial charge in [0.1, 0.15) is 17.6 Å². The van der Waals surface area contributed by atoms with Gasteiger partial charge in [0.25, 0.3) is 5.56 Å². The Hall–Kier alpha value is -4.18. The van der Waals surface area contributed by atoms with Crippen LogP contribution in [0.1, 0.15) is 28.7 Å². The van der Waals surface area contributed by atoms with Crippen molar-refractivity contribution in [3.63, 3.8) is 0 Å². The molecule has 208 valence electrons. The molecule has 0 spiro atoms. The average molecular weight is 545 g/mol. The lowest BCUT2D eigenvalue weighted by Crippen LogP contribution is -2.59. The number of methoxy groups -OCH3 is 2. The van der Waals surface area contributed by atoms with Crippen LogP contribution in [0, 0.1) is 6.92 Å². The number of hydrogen-bond acceptors (Lipinski definition) is 7. The zero-order valence-electron chi connectivity index (χ0n) is 22.5. The van der Waals surface area contributed by atoms with Crippen LogP contribution in [0.3, 0.4) is 0 Å². The van der Waals surface area contributed by atoms with Crippen molar-refractivity contribution < 1.29 is 24.4 Å². The molecule has 1 aromatic heterocycles. The molecule has 2 heterocycles. The van der Waals surface area contributed by atoms with E-state index in [2.05, 4.69) is 4.98 Å². The molecule has 0 saturated carbocycles. The van der Waals surface area contributed by atoms with Gasteiger partial charge in [-0.3, -0.25) is 14.3 Å². The van der Waals surface area contributed by atoms with E-state index in [0.717, 1.165) is 16.7 Å². The van der Waals surface area contributed by atoms with Gasteiger partial charge in [-0.2, -0.15) is 0 Å². The Kier molecular flexibility index (Phi) is 7.37. The molecule has 0 aliphatic carbocycles. The molecule has 9 heteroatoms. The van der Waals surface area contributed by atoms with Gasteiger partial charge in [-0.15, -0.1) is 0 Å². The Morgan fingerprint density at radius 3 is 1.93 bits per heavy atom. The predicted octanol–water partition coefficient (Wildman–Crippen LogP) is 2.69. The van der Waals surface area contributed by atoms with Gasteiger partial charge >= 0.3 is 5.69 Å². The first-order chi connectivity index (χ1) is 19.3. The number of ether oxygens (including phenoxy) is 3. The smallest absolute Gasteiger partial charge is 0.330 e. The van der Waals surface area contributed by atoms with Crippen LogP contribution in [0.4, 0.5) is 0 Å². The van der Waals surface area contributed by atoms with Crippen LogP contribution in [0.5, 0.6) is 11.5 Å². The Morgan fingerprint density at radius 1 is 0.925 bits per heavy atom. The summed E-state index contributed by atoms with van der Waals surface area (Å²) in [6.07, 6.45) is -0.739. The quantitative estimate of drug-likeness (QED) is 0.292. The third kappa shape index (κ3) is 4.23. The fourth-order valence-electron chi connectivity index (χ4n) is 5.91. The number of aromatic nitrogens is 2. The summed E-state index contributed by atoms with van der Waals surface area (Å²) in [6, 6.07) is 24.4. The number of nitrogens with one attached hydrogen (secondary N) is 1. The van der Waals surface area contributed by atoms with Crippen LogP contribution < -0.4 is 20.7 Å². The van der Waals surface area contributed by atoms with E-state index in [1.165, 1.54) is 10.8 Å². The van der Waals surface area contributed by atoms with Gasteiger partial charge in [0.15, 0.2) is 5.72 Å². The summed E-state index contributed by atoms with van der Waals surface area (Å²) >= 11 is 0. The van der Waals surface area contributed by atoms with E-state index in [9.17, 15) is 19.8 Å². The Morgan fingerprint density at radius 2 is 1.45 bits per heavy atom. The van der Waals surface area contributed by atoms with Crippen molar-refractivity contribution >= 4 is 0 Å². The first-order valence-corrected chi connectivity index (χ1v) is 12.9. The lowest BCUT2D eigenvalue weighted by atomic mass is 9.61. The van der Waals surface area contributed by atoms with Crippen molar-refractivity contribution in [3.8, 4) is 11.5 Å². The fraction of sp³-hybridized carbons (Fsp3) is 0.290. The number of H-pyrrole nitrogens is 1. The highest BCUT2D eigenvalue weighted by Crippen LogP contribution is 2.56. The highest BCUT2D eigenvalue weighted by molar-refractivity contribution is 5.55. The molecule has 3 atom stereocenters. The monoisotopic (exact) mass is 544 g/mol. The van der Waals surface area contributed by atoms with E-state index >= 15 is 0 Å². The van der Waals surface area contributed by atoms with Gasteiger partial charge in [-0.1, -0.05) is 54.6 Å². The number of aliphatic hydroxyl groups is 2. The number of aliphatic hydroxyl groups excluding tert-OH is 2. The van der Waals surface area contributed by atoms with Gasteiger partial charge in [0, 0.05) is 18.2 Å². The summed E-state index contributed by atoms with van der Waals surface area (Å²) in [4.78, 5) is 28.5. The minimum atomic E-state index is -1.64. The Balaban J connectivity index is 1.99. The SMILES string of the molecule is COc1ccc(C(c2ccccc2)(c2ccc(OC)cc2)[C@]2(n3cc(C)c(=O)[nH]c3=O)C[C@H](O)[C@@H](CO)O2)cc1. The molecule has 1 aliphatic heterocycles. The summed E-state index contributed by atoms with van der Waals surface area (Å²) < 4.78 is 18.9. The van der Waals surface area contributed by atoms with Crippen molar-refractivity contribution in [1.29, 1.82) is 0 Å². The highest BCUT2D eigenvalue weighted by Gasteiger charge is 2.63. The minimum Gasteiger partial charge on any atom is -0.497 e. The Bertz CT molecular complexity index is 1530. The highest BCUT2D eigenvalue weighted by atomic mass is 16.6. The van der Waals surface area contributed by atoms with Crippen LogP contribution >= 0.6 is 0 Å². The molecule has 3 N–H and O–H groups in total. The van der Waals surface area contributed by atoms with E-state index in [1.807, 2.05) is 78.9 Å². The molecule has 3 aromatic carbocycles. The Labute approximate surface area is 231 Å².